The van der Waals surface area contributed by atoms with Crippen molar-refractivity contribution in [3.63, 3.8) is 0 Å². The molecule has 0 aliphatic carbocycles. The van der Waals surface area contributed by atoms with Crippen molar-refractivity contribution in [2.24, 2.45) is 5.73 Å². The Morgan fingerprint density at radius 3 is 2.74 bits per heavy atom. The van der Waals surface area contributed by atoms with Crippen LogP contribution in [0.1, 0.15) is 24.8 Å². The van der Waals surface area contributed by atoms with E-state index in [1.165, 1.54) is 0 Å². The van der Waals surface area contributed by atoms with Gasteiger partial charge in [0.15, 0.2) is 0 Å². The van der Waals surface area contributed by atoms with Crippen LogP contribution in [0.5, 0.6) is 0 Å². The molecule has 1 heterocycles. The van der Waals surface area contributed by atoms with E-state index in [1.54, 1.807) is 0 Å². The molecular formula is C15H23N3O. The lowest BCUT2D eigenvalue weighted by Crippen LogP contribution is -2.51. The first-order valence-corrected chi connectivity index (χ1v) is 6.86. The van der Waals surface area contributed by atoms with Gasteiger partial charge in [0.25, 0.3) is 0 Å². The second kappa shape index (κ2) is 5.61. The first-order valence-electron chi connectivity index (χ1n) is 6.86. The Bertz CT molecular complexity index is 460. The Hall–Kier alpha value is -1.55. The molecule has 0 radical (unpaired) electrons. The maximum absolute atomic E-state index is 12.0. The van der Waals surface area contributed by atoms with Gasteiger partial charge >= 0.3 is 0 Å². The molecule has 4 heteroatoms. The number of nitrogens with one attached hydrogen (secondary N) is 1. The van der Waals surface area contributed by atoms with Crippen LogP contribution in [0, 0.1) is 6.92 Å². The van der Waals surface area contributed by atoms with E-state index in [2.05, 4.69) is 17.3 Å². The van der Waals surface area contributed by atoms with Gasteiger partial charge in [-0.2, -0.15) is 0 Å². The Kier molecular flexibility index (Phi) is 4.10. The molecule has 1 aliphatic rings. The van der Waals surface area contributed by atoms with Crippen LogP contribution >= 0.6 is 0 Å². The minimum absolute atomic E-state index is 0.244. The van der Waals surface area contributed by atoms with Gasteiger partial charge in [0.05, 0.1) is 0 Å². The largest absolute Gasteiger partial charge is 0.371 e. The Morgan fingerprint density at radius 1 is 1.32 bits per heavy atom. The molecule has 0 aromatic heterocycles. The van der Waals surface area contributed by atoms with Gasteiger partial charge < -0.3 is 16.0 Å². The summed E-state index contributed by atoms with van der Waals surface area (Å²) in [6.07, 6.45) is 2.53. The van der Waals surface area contributed by atoms with Crippen LogP contribution in [0.3, 0.4) is 0 Å². The zero-order valence-corrected chi connectivity index (χ0v) is 11.8. The summed E-state index contributed by atoms with van der Waals surface area (Å²) >= 11 is 0. The van der Waals surface area contributed by atoms with E-state index in [4.69, 9.17) is 5.73 Å². The molecule has 1 unspecified atom stereocenters. The molecule has 1 aromatic rings. The molecule has 0 spiro atoms. The molecule has 1 fully saturated rings. The number of amides is 1. The van der Waals surface area contributed by atoms with Crippen LogP contribution in [-0.4, -0.2) is 36.5 Å². The topological polar surface area (TPSA) is 58.4 Å². The molecule has 1 aliphatic heterocycles. The van der Waals surface area contributed by atoms with E-state index in [0.29, 0.717) is 0 Å². The highest BCUT2D eigenvalue weighted by Crippen LogP contribution is 2.28. The Morgan fingerprint density at radius 2 is 2.05 bits per heavy atom. The van der Waals surface area contributed by atoms with Crippen molar-refractivity contribution in [2.45, 2.75) is 31.7 Å². The molecule has 1 saturated heterocycles. The number of carbonyl (C=O) groups is 1. The van der Waals surface area contributed by atoms with E-state index >= 15 is 0 Å². The highest BCUT2D eigenvalue weighted by Gasteiger charge is 2.37. The molecule has 3 N–H and O–H groups in total. The van der Waals surface area contributed by atoms with Gasteiger partial charge in [-0.3, -0.25) is 4.79 Å². The number of nitrogens with two attached hydrogens (primary N) is 1. The number of hydrogen-bond acceptors (Lipinski definition) is 3. The molecule has 0 bridgehead atoms. The minimum atomic E-state index is -0.614. The van der Waals surface area contributed by atoms with Crippen molar-refractivity contribution in [1.82, 2.24) is 4.90 Å². The van der Waals surface area contributed by atoms with Crippen LogP contribution < -0.4 is 11.1 Å². The summed E-state index contributed by atoms with van der Waals surface area (Å²) < 4.78 is 0. The van der Waals surface area contributed by atoms with Gasteiger partial charge in [-0.15, -0.1) is 0 Å². The van der Waals surface area contributed by atoms with Gasteiger partial charge in [-0.05, 0) is 51.4 Å². The third-order valence-corrected chi connectivity index (χ3v) is 4.05. The normalized spacial score (nSPS) is 24.7. The average molecular weight is 261 g/mol. The number of primary amides is 1. The number of benzene rings is 1. The summed E-state index contributed by atoms with van der Waals surface area (Å²) in [6, 6.07) is 8.03. The molecular weight excluding hydrogens is 238 g/mol. The van der Waals surface area contributed by atoms with Crippen molar-refractivity contribution in [3.8, 4) is 0 Å². The van der Waals surface area contributed by atoms with Crippen molar-refractivity contribution in [1.29, 1.82) is 0 Å². The number of nitrogens with zero attached hydrogens (tertiary/aromatic N) is 1. The van der Waals surface area contributed by atoms with Crippen LogP contribution in [0.4, 0.5) is 5.69 Å². The first kappa shape index (κ1) is 13.9. The zero-order chi connectivity index (χ0) is 13.9. The number of aryl methyl sites for hydroxylation is 1. The van der Waals surface area contributed by atoms with E-state index in [9.17, 15) is 4.79 Å². The first-order chi connectivity index (χ1) is 9.03. The third kappa shape index (κ3) is 3.07. The van der Waals surface area contributed by atoms with E-state index in [-0.39, 0.29) is 5.91 Å². The van der Waals surface area contributed by atoms with Gasteiger partial charge in [0, 0.05) is 12.2 Å². The Balaban J connectivity index is 2.25. The summed E-state index contributed by atoms with van der Waals surface area (Å²) in [7, 11) is 2.09. The number of para-hydroxylation sites is 1. The molecule has 1 aromatic carbocycles. The van der Waals surface area contributed by atoms with E-state index < -0.39 is 5.54 Å². The summed E-state index contributed by atoms with van der Waals surface area (Å²) in [5.41, 5.74) is 7.23. The molecule has 0 saturated carbocycles. The van der Waals surface area contributed by atoms with E-state index in [1.807, 2.05) is 31.2 Å². The lowest BCUT2D eigenvalue weighted by atomic mass is 9.89. The molecule has 1 atom stereocenters. The molecule has 1 amide bonds. The second-order valence-electron chi connectivity index (χ2n) is 5.54. The number of anilines is 1. The highest BCUT2D eigenvalue weighted by molar-refractivity contribution is 5.88. The smallest absolute Gasteiger partial charge is 0.243 e. The van der Waals surface area contributed by atoms with Gasteiger partial charge in [0.2, 0.25) is 5.91 Å². The SMILES string of the molecule is Cc1ccccc1NC1(C(N)=O)CCCN(C)CC1. The lowest BCUT2D eigenvalue weighted by molar-refractivity contribution is -0.122. The lowest BCUT2D eigenvalue weighted by Gasteiger charge is -2.32. The van der Waals surface area contributed by atoms with E-state index in [0.717, 1.165) is 43.6 Å². The fraction of sp³-hybridized carbons (Fsp3) is 0.533. The zero-order valence-electron chi connectivity index (χ0n) is 11.8. The number of hydrogen-bond donors (Lipinski definition) is 2. The molecule has 104 valence electrons. The maximum Gasteiger partial charge on any atom is 0.243 e. The van der Waals surface area contributed by atoms with Crippen molar-refractivity contribution in [3.05, 3.63) is 29.8 Å². The Labute approximate surface area is 115 Å². The van der Waals surface area contributed by atoms with Crippen molar-refractivity contribution >= 4 is 11.6 Å². The second-order valence-corrected chi connectivity index (χ2v) is 5.54. The monoisotopic (exact) mass is 261 g/mol. The standard InChI is InChI=1S/C15H23N3O/c1-12-6-3-4-7-13(12)17-15(14(16)19)8-5-10-18(2)11-9-15/h3-4,6-7,17H,5,8-11H2,1-2H3,(H2,16,19). The summed E-state index contributed by atoms with van der Waals surface area (Å²) in [5.74, 6) is -0.244. The number of rotatable bonds is 3. The summed E-state index contributed by atoms with van der Waals surface area (Å²) in [4.78, 5) is 14.2. The van der Waals surface area contributed by atoms with Crippen LogP contribution in [-0.2, 0) is 4.79 Å². The number of likely N-dealkylation sites (tertiary alicyclic amines) is 1. The van der Waals surface area contributed by atoms with Crippen LogP contribution in [0.15, 0.2) is 24.3 Å². The fourth-order valence-corrected chi connectivity index (χ4v) is 2.67. The van der Waals surface area contributed by atoms with Crippen LogP contribution in [0.25, 0.3) is 0 Å². The minimum Gasteiger partial charge on any atom is -0.371 e. The molecule has 19 heavy (non-hydrogen) atoms. The predicted molar refractivity (Wildman–Crippen MR) is 78.1 cm³/mol. The van der Waals surface area contributed by atoms with Gasteiger partial charge in [-0.1, -0.05) is 18.2 Å². The average Bonchev–Trinajstić information content (AvgIpc) is 2.56. The molecule has 2 rings (SSSR count). The summed E-state index contributed by atoms with van der Waals surface area (Å²) in [6.45, 7) is 3.95. The van der Waals surface area contributed by atoms with Crippen molar-refractivity contribution in [2.75, 3.05) is 25.5 Å². The summed E-state index contributed by atoms with van der Waals surface area (Å²) in [5, 5.41) is 3.42. The van der Waals surface area contributed by atoms with Crippen LogP contribution in [0.2, 0.25) is 0 Å². The number of carbonyl (C=O) groups excluding carboxylic acids is 1. The predicted octanol–water partition coefficient (Wildman–Crippen LogP) is 1.75. The fourth-order valence-electron chi connectivity index (χ4n) is 2.67. The van der Waals surface area contributed by atoms with Crippen molar-refractivity contribution < 1.29 is 4.79 Å². The van der Waals surface area contributed by atoms with Gasteiger partial charge in [-0.25, -0.2) is 0 Å². The highest BCUT2D eigenvalue weighted by atomic mass is 16.1. The third-order valence-electron chi connectivity index (χ3n) is 4.05. The maximum atomic E-state index is 12.0. The quantitative estimate of drug-likeness (QED) is 0.871. The van der Waals surface area contributed by atoms with Gasteiger partial charge in [0.1, 0.15) is 5.54 Å². The molecule has 4 nitrogen and oxygen atoms in total.